The highest BCUT2D eigenvalue weighted by molar-refractivity contribution is 7.89. The summed E-state index contributed by atoms with van der Waals surface area (Å²) in [5, 5.41) is 3.40. The Balaban J connectivity index is 1.28. The van der Waals surface area contributed by atoms with E-state index >= 15 is 0 Å². The highest BCUT2D eigenvalue weighted by Gasteiger charge is 2.32. The fourth-order valence-corrected chi connectivity index (χ4v) is 5.91. The van der Waals surface area contributed by atoms with Crippen LogP contribution in [0.3, 0.4) is 0 Å². The predicted octanol–water partition coefficient (Wildman–Crippen LogP) is 3.54. The highest BCUT2D eigenvalue weighted by Crippen LogP contribution is 2.26. The number of nitrogens with one attached hydrogen (secondary N) is 1. The van der Waals surface area contributed by atoms with Crippen molar-refractivity contribution in [1.82, 2.24) is 9.21 Å². The van der Waals surface area contributed by atoms with Gasteiger partial charge in [-0.1, -0.05) is 23.7 Å². The minimum Gasteiger partial charge on any atom is -0.342 e. The Morgan fingerprint density at radius 3 is 2.12 bits per heavy atom. The molecular formula is C24H28ClN3O4S. The summed E-state index contributed by atoms with van der Waals surface area (Å²) in [7, 11) is -3.60. The first-order chi connectivity index (χ1) is 15.8. The van der Waals surface area contributed by atoms with Gasteiger partial charge in [-0.15, -0.1) is 0 Å². The van der Waals surface area contributed by atoms with E-state index in [-0.39, 0.29) is 22.6 Å². The van der Waals surface area contributed by atoms with Gasteiger partial charge in [0.15, 0.2) is 0 Å². The summed E-state index contributed by atoms with van der Waals surface area (Å²) in [4.78, 5) is 27.1. The first kappa shape index (κ1) is 23.7. The van der Waals surface area contributed by atoms with E-state index < -0.39 is 10.0 Å². The molecule has 2 aliphatic heterocycles. The van der Waals surface area contributed by atoms with Crippen LogP contribution < -0.4 is 5.32 Å². The maximum absolute atomic E-state index is 12.8. The van der Waals surface area contributed by atoms with Gasteiger partial charge in [0.05, 0.1) is 11.3 Å². The molecule has 2 aromatic rings. The maximum atomic E-state index is 12.8. The monoisotopic (exact) mass is 489 g/mol. The molecule has 0 unspecified atom stereocenters. The topological polar surface area (TPSA) is 86.8 Å². The smallest absolute Gasteiger partial charge is 0.243 e. The molecule has 2 saturated heterocycles. The molecule has 0 spiro atoms. The van der Waals surface area contributed by atoms with Crippen LogP contribution in [0.4, 0.5) is 5.69 Å². The third-order valence-corrected chi connectivity index (χ3v) is 8.48. The molecule has 9 heteroatoms. The number of anilines is 1. The molecule has 2 amide bonds. The molecule has 0 radical (unpaired) electrons. The van der Waals surface area contributed by atoms with E-state index in [0.717, 1.165) is 31.5 Å². The average Bonchev–Trinajstić information content (AvgIpc) is 3.36. The van der Waals surface area contributed by atoms with Crippen LogP contribution in [0.15, 0.2) is 53.4 Å². The number of rotatable bonds is 6. The lowest BCUT2D eigenvalue weighted by Gasteiger charge is -2.30. The Bertz CT molecular complexity index is 1090. The molecule has 2 heterocycles. The van der Waals surface area contributed by atoms with Crippen LogP contribution in [0.2, 0.25) is 5.02 Å². The summed E-state index contributed by atoms with van der Waals surface area (Å²) in [6.45, 7) is 2.26. The SMILES string of the molecule is O=C(Nc1ccc(CC(=O)N2CCCC2)cc1)C1CCN(S(=O)(=O)c2ccc(Cl)cc2)CC1. The zero-order valence-electron chi connectivity index (χ0n) is 18.4. The van der Waals surface area contributed by atoms with Crippen molar-refractivity contribution in [3.63, 3.8) is 0 Å². The van der Waals surface area contributed by atoms with E-state index in [0.29, 0.717) is 43.1 Å². The van der Waals surface area contributed by atoms with Crippen molar-refractivity contribution < 1.29 is 18.0 Å². The van der Waals surface area contributed by atoms with Gasteiger partial charge in [-0.05, 0) is 67.6 Å². The van der Waals surface area contributed by atoms with Gasteiger partial charge in [-0.25, -0.2) is 8.42 Å². The first-order valence-corrected chi connectivity index (χ1v) is 13.1. The standard InChI is InChI=1S/C24H28ClN3O4S/c25-20-5-9-22(10-6-20)33(31,32)28-15-11-19(12-16-28)24(30)26-21-7-3-18(4-8-21)17-23(29)27-13-1-2-14-27/h3-10,19H,1-2,11-17H2,(H,26,30). The summed E-state index contributed by atoms with van der Waals surface area (Å²) in [5.74, 6) is -0.220. The van der Waals surface area contributed by atoms with Gasteiger partial charge in [0.1, 0.15) is 0 Å². The second-order valence-electron chi connectivity index (χ2n) is 8.58. The summed E-state index contributed by atoms with van der Waals surface area (Å²) >= 11 is 5.86. The van der Waals surface area contributed by atoms with Gasteiger partial charge in [-0.3, -0.25) is 9.59 Å². The van der Waals surface area contributed by atoms with Crippen molar-refractivity contribution in [2.45, 2.75) is 37.0 Å². The van der Waals surface area contributed by atoms with Gasteiger partial charge in [-0.2, -0.15) is 4.31 Å². The number of piperidine rings is 1. The number of halogens is 1. The van der Waals surface area contributed by atoms with Crippen molar-refractivity contribution in [3.05, 3.63) is 59.1 Å². The molecule has 2 aromatic carbocycles. The molecule has 0 saturated carbocycles. The third kappa shape index (κ3) is 5.75. The normalized spacial score (nSPS) is 17.8. The quantitative estimate of drug-likeness (QED) is 0.672. The van der Waals surface area contributed by atoms with E-state index in [4.69, 9.17) is 11.6 Å². The van der Waals surface area contributed by atoms with Gasteiger partial charge < -0.3 is 10.2 Å². The van der Waals surface area contributed by atoms with Crippen LogP contribution in [0, 0.1) is 5.92 Å². The van der Waals surface area contributed by atoms with Crippen LogP contribution >= 0.6 is 11.6 Å². The maximum Gasteiger partial charge on any atom is 0.243 e. The molecule has 7 nitrogen and oxygen atoms in total. The van der Waals surface area contributed by atoms with Crippen LogP contribution in [-0.2, 0) is 26.0 Å². The van der Waals surface area contributed by atoms with Crippen molar-refractivity contribution in [2.24, 2.45) is 5.92 Å². The lowest BCUT2D eigenvalue weighted by atomic mass is 9.97. The molecule has 0 atom stereocenters. The van der Waals surface area contributed by atoms with E-state index in [2.05, 4.69) is 5.32 Å². The fourth-order valence-electron chi connectivity index (χ4n) is 4.32. The molecule has 2 aliphatic rings. The van der Waals surface area contributed by atoms with Crippen molar-refractivity contribution in [3.8, 4) is 0 Å². The van der Waals surface area contributed by atoms with Gasteiger partial charge in [0.2, 0.25) is 21.8 Å². The second kappa shape index (κ2) is 10.2. The Morgan fingerprint density at radius 2 is 1.52 bits per heavy atom. The second-order valence-corrected chi connectivity index (χ2v) is 11.0. The zero-order chi connectivity index (χ0) is 23.4. The summed E-state index contributed by atoms with van der Waals surface area (Å²) in [6, 6.07) is 13.5. The number of amides is 2. The van der Waals surface area contributed by atoms with Crippen LogP contribution in [-0.4, -0.2) is 55.6 Å². The number of carbonyl (C=O) groups excluding carboxylic acids is 2. The van der Waals surface area contributed by atoms with Crippen molar-refractivity contribution in [2.75, 3.05) is 31.5 Å². The minimum atomic E-state index is -3.60. The van der Waals surface area contributed by atoms with E-state index in [1.807, 2.05) is 29.2 Å². The number of nitrogens with zero attached hydrogens (tertiary/aromatic N) is 2. The Hall–Kier alpha value is -2.42. The summed E-state index contributed by atoms with van der Waals surface area (Å²) in [6.07, 6.45) is 3.43. The van der Waals surface area contributed by atoms with Crippen molar-refractivity contribution in [1.29, 1.82) is 0 Å². The van der Waals surface area contributed by atoms with Crippen molar-refractivity contribution >= 4 is 39.1 Å². The summed E-state index contributed by atoms with van der Waals surface area (Å²) in [5.41, 5.74) is 1.60. The first-order valence-electron chi connectivity index (χ1n) is 11.3. The number of hydrogen-bond donors (Lipinski definition) is 1. The Labute approximate surface area is 199 Å². The Kier molecular flexibility index (Phi) is 7.36. The average molecular weight is 490 g/mol. The number of benzene rings is 2. The fraction of sp³-hybridized carbons (Fsp3) is 0.417. The van der Waals surface area contributed by atoms with Crippen LogP contribution in [0.1, 0.15) is 31.2 Å². The number of hydrogen-bond acceptors (Lipinski definition) is 4. The molecular weight excluding hydrogens is 462 g/mol. The molecule has 176 valence electrons. The van der Waals surface area contributed by atoms with Gasteiger partial charge >= 0.3 is 0 Å². The molecule has 2 fully saturated rings. The zero-order valence-corrected chi connectivity index (χ0v) is 19.9. The molecule has 0 aliphatic carbocycles. The highest BCUT2D eigenvalue weighted by atomic mass is 35.5. The van der Waals surface area contributed by atoms with Crippen LogP contribution in [0.25, 0.3) is 0 Å². The number of likely N-dealkylation sites (tertiary alicyclic amines) is 1. The third-order valence-electron chi connectivity index (χ3n) is 6.31. The lowest BCUT2D eigenvalue weighted by molar-refractivity contribution is -0.129. The predicted molar refractivity (Wildman–Crippen MR) is 128 cm³/mol. The molecule has 33 heavy (non-hydrogen) atoms. The Morgan fingerprint density at radius 1 is 0.909 bits per heavy atom. The number of sulfonamides is 1. The van der Waals surface area contributed by atoms with E-state index in [1.165, 1.54) is 16.4 Å². The summed E-state index contributed by atoms with van der Waals surface area (Å²) < 4.78 is 27.1. The van der Waals surface area contributed by atoms with E-state index in [1.54, 1.807) is 12.1 Å². The van der Waals surface area contributed by atoms with E-state index in [9.17, 15) is 18.0 Å². The van der Waals surface area contributed by atoms with Crippen LogP contribution in [0.5, 0.6) is 0 Å². The van der Waals surface area contributed by atoms with Gasteiger partial charge in [0, 0.05) is 42.8 Å². The molecule has 1 N–H and O–H groups in total. The minimum absolute atomic E-state index is 0.112. The lowest BCUT2D eigenvalue weighted by Crippen LogP contribution is -2.41. The largest absolute Gasteiger partial charge is 0.342 e. The number of carbonyl (C=O) groups is 2. The molecule has 0 aromatic heterocycles. The molecule has 0 bridgehead atoms. The van der Waals surface area contributed by atoms with Gasteiger partial charge in [0.25, 0.3) is 0 Å². The molecule has 4 rings (SSSR count).